The lowest BCUT2D eigenvalue weighted by atomic mass is 10.3. The number of anilines is 1. The summed E-state index contributed by atoms with van der Waals surface area (Å²) in [6.45, 7) is 3.33. The van der Waals surface area contributed by atoms with Crippen LogP contribution in [0, 0.1) is 11.3 Å². The fraction of sp³-hybridized carbons (Fsp3) is 0.500. The lowest BCUT2D eigenvalue weighted by Gasteiger charge is -2.29. The predicted octanol–water partition coefficient (Wildman–Crippen LogP) is -0.784. The van der Waals surface area contributed by atoms with Crippen molar-refractivity contribution in [3.63, 3.8) is 0 Å². The van der Waals surface area contributed by atoms with Crippen LogP contribution in [-0.2, 0) is 4.79 Å². The van der Waals surface area contributed by atoms with Crippen LogP contribution in [0.5, 0.6) is 0 Å². The summed E-state index contributed by atoms with van der Waals surface area (Å²) in [7, 11) is 1.75. The van der Waals surface area contributed by atoms with Crippen molar-refractivity contribution in [3.05, 3.63) is 18.0 Å². The van der Waals surface area contributed by atoms with Crippen molar-refractivity contribution in [1.82, 2.24) is 20.2 Å². The van der Waals surface area contributed by atoms with Crippen LogP contribution < -0.4 is 10.2 Å². The van der Waals surface area contributed by atoms with E-state index in [1.807, 2.05) is 11.0 Å². The van der Waals surface area contributed by atoms with Crippen LogP contribution in [0.1, 0.15) is 5.69 Å². The van der Waals surface area contributed by atoms with Crippen LogP contribution in [0.2, 0.25) is 0 Å². The average Bonchev–Trinajstić information content (AvgIpc) is 2.48. The molecule has 0 atom stereocenters. The highest BCUT2D eigenvalue weighted by Crippen LogP contribution is 2.05. The smallest absolute Gasteiger partial charge is 0.242 e. The molecule has 1 N–H and O–H groups in total. The molecule has 7 heteroatoms. The number of likely N-dealkylation sites (N-methyl/N-ethyl adjacent to an activating group) is 1. The van der Waals surface area contributed by atoms with Gasteiger partial charge < -0.3 is 15.1 Å². The van der Waals surface area contributed by atoms with Crippen LogP contribution >= 0.6 is 0 Å². The Morgan fingerprint density at radius 2 is 2.32 bits per heavy atom. The molecule has 1 aromatic rings. The van der Waals surface area contributed by atoms with Crippen molar-refractivity contribution < 1.29 is 4.79 Å². The number of nitrogens with zero attached hydrogens (tertiary/aromatic N) is 5. The molecule has 1 amide bonds. The molecule has 19 heavy (non-hydrogen) atoms. The SMILES string of the molecule is CN(CC(=O)N1CCNCC1)c1nccc(C#N)n1. The molecule has 2 rings (SSSR count). The fourth-order valence-corrected chi connectivity index (χ4v) is 1.88. The van der Waals surface area contributed by atoms with E-state index in [-0.39, 0.29) is 12.5 Å². The monoisotopic (exact) mass is 260 g/mol. The number of amides is 1. The molecule has 1 saturated heterocycles. The molecule has 0 unspecified atom stereocenters. The number of nitrogens with one attached hydrogen (secondary N) is 1. The molecule has 1 aliphatic rings. The van der Waals surface area contributed by atoms with E-state index in [0.29, 0.717) is 11.6 Å². The predicted molar refractivity (Wildman–Crippen MR) is 69.5 cm³/mol. The molecule has 7 nitrogen and oxygen atoms in total. The fourth-order valence-electron chi connectivity index (χ4n) is 1.88. The molecule has 0 saturated carbocycles. The van der Waals surface area contributed by atoms with Gasteiger partial charge in [-0.15, -0.1) is 0 Å². The highest BCUT2D eigenvalue weighted by Gasteiger charge is 2.18. The van der Waals surface area contributed by atoms with Crippen molar-refractivity contribution in [2.45, 2.75) is 0 Å². The van der Waals surface area contributed by atoms with Crippen molar-refractivity contribution in [1.29, 1.82) is 5.26 Å². The van der Waals surface area contributed by atoms with Gasteiger partial charge in [-0.1, -0.05) is 0 Å². The minimum absolute atomic E-state index is 0.0509. The van der Waals surface area contributed by atoms with Gasteiger partial charge in [-0.05, 0) is 6.07 Å². The molecule has 1 fully saturated rings. The van der Waals surface area contributed by atoms with Crippen LogP contribution in [0.25, 0.3) is 0 Å². The highest BCUT2D eigenvalue weighted by molar-refractivity contribution is 5.80. The number of nitriles is 1. The van der Waals surface area contributed by atoms with Crippen LogP contribution in [0.15, 0.2) is 12.3 Å². The van der Waals surface area contributed by atoms with E-state index in [2.05, 4.69) is 15.3 Å². The second-order valence-electron chi connectivity index (χ2n) is 4.34. The first-order chi connectivity index (χ1) is 9.20. The Hall–Kier alpha value is -2.20. The summed E-state index contributed by atoms with van der Waals surface area (Å²) in [4.78, 5) is 23.7. The first-order valence-electron chi connectivity index (χ1n) is 6.13. The molecule has 1 aliphatic heterocycles. The standard InChI is InChI=1S/C12H16N6O/c1-17(12-15-3-2-10(8-13)16-12)9-11(19)18-6-4-14-5-7-18/h2-3,14H,4-7,9H2,1H3. The maximum Gasteiger partial charge on any atom is 0.242 e. The van der Waals surface area contributed by atoms with Gasteiger partial charge in [0, 0.05) is 39.4 Å². The van der Waals surface area contributed by atoms with Gasteiger partial charge in [-0.25, -0.2) is 9.97 Å². The molecule has 2 heterocycles. The largest absolute Gasteiger partial charge is 0.339 e. The minimum atomic E-state index is 0.0509. The van der Waals surface area contributed by atoms with E-state index in [1.54, 1.807) is 11.9 Å². The van der Waals surface area contributed by atoms with Gasteiger partial charge in [0.05, 0.1) is 6.54 Å². The molecular weight excluding hydrogens is 244 g/mol. The topological polar surface area (TPSA) is 85.2 Å². The zero-order valence-corrected chi connectivity index (χ0v) is 10.8. The maximum absolute atomic E-state index is 12.1. The van der Waals surface area contributed by atoms with Crippen LogP contribution in [-0.4, -0.2) is 60.5 Å². The number of piperazine rings is 1. The highest BCUT2D eigenvalue weighted by atomic mass is 16.2. The van der Waals surface area contributed by atoms with Crippen molar-refractivity contribution in [2.75, 3.05) is 44.7 Å². The number of carbonyl (C=O) groups is 1. The van der Waals surface area contributed by atoms with Crippen molar-refractivity contribution in [3.8, 4) is 6.07 Å². The van der Waals surface area contributed by atoms with Gasteiger partial charge in [0.1, 0.15) is 11.8 Å². The van der Waals surface area contributed by atoms with Crippen LogP contribution in [0.3, 0.4) is 0 Å². The molecule has 0 aliphatic carbocycles. The summed E-state index contributed by atoms with van der Waals surface area (Å²) in [6, 6.07) is 3.49. The normalized spacial score (nSPS) is 14.8. The number of aromatic nitrogens is 2. The third-order valence-corrected chi connectivity index (χ3v) is 2.94. The van der Waals surface area contributed by atoms with Crippen molar-refractivity contribution >= 4 is 11.9 Å². The Morgan fingerprint density at radius 1 is 1.58 bits per heavy atom. The molecule has 100 valence electrons. The maximum atomic E-state index is 12.1. The Balaban J connectivity index is 1.97. The number of hydrogen-bond donors (Lipinski definition) is 1. The van der Waals surface area contributed by atoms with Crippen LogP contribution in [0.4, 0.5) is 5.95 Å². The van der Waals surface area contributed by atoms with Gasteiger partial charge in [0.25, 0.3) is 0 Å². The van der Waals surface area contributed by atoms with Gasteiger partial charge in [-0.3, -0.25) is 4.79 Å². The van der Waals surface area contributed by atoms with E-state index in [4.69, 9.17) is 5.26 Å². The summed E-state index contributed by atoms with van der Waals surface area (Å²) in [5, 5.41) is 12.0. The molecular formula is C12H16N6O. The van der Waals surface area contributed by atoms with E-state index < -0.39 is 0 Å². The third kappa shape index (κ3) is 3.39. The zero-order chi connectivity index (χ0) is 13.7. The second kappa shape index (κ2) is 6.11. The first-order valence-corrected chi connectivity index (χ1v) is 6.13. The van der Waals surface area contributed by atoms with Gasteiger partial charge in [0.15, 0.2) is 0 Å². The quantitative estimate of drug-likeness (QED) is 0.767. The number of rotatable bonds is 3. The van der Waals surface area contributed by atoms with Gasteiger partial charge in [-0.2, -0.15) is 5.26 Å². The summed E-state index contributed by atoms with van der Waals surface area (Å²) in [5.41, 5.74) is 0.298. The second-order valence-corrected chi connectivity index (χ2v) is 4.34. The zero-order valence-electron chi connectivity index (χ0n) is 10.8. The average molecular weight is 260 g/mol. The van der Waals surface area contributed by atoms with Gasteiger partial charge >= 0.3 is 0 Å². The Labute approximate surface area is 111 Å². The number of carbonyl (C=O) groups excluding carboxylic acids is 1. The Bertz CT molecular complexity index is 491. The minimum Gasteiger partial charge on any atom is -0.339 e. The van der Waals surface area contributed by atoms with E-state index in [9.17, 15) is 4.79 Å². The Morgan fingerprint density at radius 3 is 3.00 bits per heavy atom. The van der Waals surface area contributed by atoms with Crippen molar-refractivity contribution in [2.24, 2.45) is 0 Å². The summed E-state index contributed by atoms with van der Waals surface area (Å²) in [6.07, 6.45) is 1.52. The Kier molecular flexibility index (Phi) is 4.26. The molecule has 0 radical (unpaired) electrons. The van der Waals surface area contributed by atoms with Gasteiger partial charge in [0.2, 0.25) is 11.9 Å². The molecule has 0 aromatic carbocycles. The summed E-state index contributed by atoms with van der Waals surface area (Å²) in [5.74, 6) is 0.442. The summed E-state index contributed by atoms with van der Waals surface area (Å²) >= 11 is 0. The van der Waals surface area contributed by atoms with E-state index in [0.717, 1.165) is 26.2 Å². The number of hydrogen-bond acceptors (Lipinski definition) is 6. The first kappa shape index (κ1) is 13.2. The molecule has 0 bridgehead atoms. The molecule has 1 aromatic heterocycles. The lowest BCUT2D eigenvalue weighted by Crippen LogP contribution is -2.49. The van der Waals surface area contributed by atoms with E-state index in [1.165, 1.54) is 12.3 Å². The van der Waals surface area contributed by atoms with E-state index >= 15 is 0 Å². The molecule has 0 spiro atoms. The lowest BCUT2D eigenvalue weighted by molar-refractivity contribution is -0.130. The summed E-state index contributed by atoms with van der Waals surface area (Å²) < 4.78 is 0. The third-order valence-electron chi connectivity index (χ3n) is 2.94.